The number of fused-ring (bicyclic) bond motifs is 2. The summed E-state index contributed by atoms with van der Waals surface area (Å²) in [7, 11) is 1.76. The van der Waals surface area contributed by atoms with Crippen LogP contribution in [-0.4, -0.2) is 17.7 Å². The summed E-state index contributed by atoms with van der Waals surface area (Å²) < 4.78 is 5.90. The zero-order valence-corrected chi connectivity index (χ0v) is 32.7. The van der Waals surface area contributed by atoms with E-state index in [4.69, 9.17) is 16.0 Å². The molecule has 52 heavy (non-hydrogen) atoms. The van der Waals surface area contributed by atoms with Crippen molar-refractivity contribution in [3.8, 4) is 0 Å². The van der Waals surface area contributed by atoms with Gasteiger partial charge in [0, 0.05) is 29.6 Å². The molecule has 4 aromatic carbocycles. The molecule has 0 N–H and O–H groups in total. The van der Waals surface area contributed by atoms with Gasteiger partial charge >= 0.3 is 0 Å². The lowest BCUT2D eigenvalue weighted by Crippen LogP contribution is -2.02. The van der Waals surface area contributed by atoms with Crippen LogP contribution >= 0.6 is 11.6 Å². The summed E-state index contributed by atoms with van der Waals surface area (Å²) >= 11 is 6.46. The average Bonchev–Trinajstić information content (AvgIpc) is 3.54. The third-order valence-electron chi connectivity index (χ3n) is 8.10. The van der Waals surface area contributed by atoms with Gasteiger partial charge in [0.05, 0.1) is 10.5 Å². The highest BCUT2D eigenvalue weighted by Gasteiger charge is 2.18. The van der Waals surface area contributed by atoms with Crippen LogP contribution in [-0.2, 0) is 6.42 Å². The third-order valence-corrected chi connectivity index (χ3v) is 8.48. The summed E-state index contributed by atoms with van der Waals surface area (Å²) in [6, 6.07) is 32.8. The second-order valence-electron chi connectivity index (χ2n) is 11.1. The lowest BCUT2D eigenvalue weighted by atomic mass is 9.93. The Kier molecular flexibility index (Phi) is 18.3. The molecule has 0 aliphatic carbocycles. The highest BCUT2D eigenvalue weighted by Crippen LogP contribution is 2.33. The van der Waals surface area contributed by atoms with Crippen molar-refractivity contribution in [3.63, 3.8) is 0 Å². The topological polar surface area (TPSA) is 38.4 Å². The molecule has 6 aromatic rings. The van der Waals surface area contributed by atoms with Gasteiger partial charge in [-0.3, -0.25) is 9.98 Å². The number of furan rings is 1. The van der Waals surface area contributed by atoms with Crippen LogP contribution in [0.25, 0.3) is 39.1 Å². The first-order chi connectivity index (χ1) is 25.4. The summed E-state index contributed by atoms with van der Waals surface area (Å²) in [6.07, 6.45) is 9.26. The number of hydrogen-bond donors (Lipinski definition) is 0. The first kappa shape index (κ1) is 42.7. The Morgan fingerprint density at radius 1 is 0.846 bits per heavy atom. The highest BCUT2D eigenvalue weighted by atomic mass is 35.5. The van der Waals surface area contributed by atoms with Gasteiger partial charge in [-0.05, 0) is 90.4 Å². The van der Waals surface area contributed by atoms with Crippen molar-refractivity contribution >= 4 is 56.4 Å². The number of halogens is 1. The van der Waals surface area contributed by atoms with Crippen molar-refractivity contribution in [2.75, 3.05) is 7.05 Å². The molecule has 0 aliphatic rings. The Morgan fingerprint density at radius 3 is 2.06 bits per heavy atom. The van der Waals surface area contributed by atoms with Gasteiger partial charge in [0.2, 0.25) is 0 Å². The van der Waals surface area contributed by atoms with Crippen LogP contribution in [0, 0.1) is 6.92 Å². The minimum absolute atomic E-state index is 0.616. The van der Waals surface area contributed by atoms with Crippen LogP contribution < -0.4 is 0 Å². The first-order valence-electron chi connectivity index (χ1n) is 17.5. The van der Waals surface area contributed by atoms with Crippen molar-refractivity contribution in [1.82, 2.24) is 4.98 Å². The standard InChI is InChI=1S/C24H23N.C18H16ClNO.C2H6.2C2H4/c1-5-10-21-16-23(22-13-9-14-25-24(22)19(21)4)18(3)15-17(2)20-11-7-6-8-12-20;1-3-12-8-10-13(11-9-12)17(20-2)18-16(19)14-6-4-5-7-15(14)21-18;3*1-2/h5-16H,2H2,1,3-4H3;4-11H,3H2,1-2H3;1-2H3;2*1-2H2/b10-5-,18-15+;;;;. The average molecular weight is 709 g/mol. The molecule has 0 aliphatic heterocycles. The molecule has 0 spiro atoms. The van der Waals surface area contributed by atoms with Gasteiger partial charge in [0.15, 0.2) is 5.76 Å². The Morgan fingerprint density at radius 2 is 1.46 bits per heavy atom. The molecule has 0 fully saturated rings. The molecule has 0 amide bonds. The van der Waals surface area contributed by atoms with Crippen LogP contribution in [0.3, 0.4) is 0 Å². The van der Waals surface area contributed by atoms with E-state index >= 15 is 0 Å². The summed E-state index contributed by atoms with van der Waals surface area (Å²) in [5.74, 6) is 0.629. The molecule has 268 valence electrons. The normalized spacial score (nSPS) is 10.9. The summed E-state index contributed by atoms with van der Waals surface area (Å²) in [5, 5.41) is 2.72. The number of aryl methyl sites for hydroxylation is 2. The number of pyridine rings is 1. The van der Waals surface area contributed by atoms with E-state index in [2.05, 4.69) is 130 Å². The van der Waals surface area contributed by atoms with Gasteiger partial charge in [-0.25, -0.2) is 0 Å². The maximum atomic E-state index is 6.46. The predicted octanol–water partition coefficient (Wildman–Crippen LogP) is 14.4. The van der Waals surface area contributed by atoms with E-state index < -0.39 is 0 Å². The molecule has 0 saturated carbocycles. The van der Waals surface area contributed by atoms with Crippen LogP contribution in [0.1, 0.15) is 73.8 Å². The number of allylic oxidation sites excluding steroid dienone is 4. The number of aliphatic imine (C=N–C) groups is 1. The fourth-order valence-electron chi connectivity index (χ4n) is 5.58. The summed E-state index contributed by atoms with van der Waals surface area (Å²) in [5.41, 5.74) is 11.9. The van der Waals surface area contributed by atoms with Crippen LogP contribution in [0.4, 0.5) is 0 Å². The molecule has 0 radical (unpaired) electrons. The molecule has 0 atom stereocenters. The molecule has 6 rings (SSSR count). The molecule has 3 nitrogen and oxygen atoms in total. The summed E-state index contributed by atoms with van der Waals surface area (Å²) in [4.78, 5) is 9.00. The molecule has 0 saturated heterocycles. The molecular formula is C48H53ClN2O. The first-order valence-corrected chi connectivity index (χ1v) is 17.9. The Hall–Kier alpha value is -5.51. The lowest BCUT2D eigenvalue weighted by Gasteiger charge is -2.13. The van der Waals surface area contributed by atoms with Gasteiger partial charge < -0.3 is 4.42 Å². The lowest BCUT2D eigenvalue weighted by molar-refractivity contribution is 0.605. The van der Waals surface area contributed by atoms with E-state index in [1.54, 1.807) is 7.05 Å². The van der Waals surface area contributed by atoms with Gasteiger partial charge in [-0.15, -0.1) is 26.3 Å². The van der Waals surface area contributed by atoms with E-state index in [0.29, 0.717) is 10.8 Å². The fraction of sp³-hybridized carbons (Fsp3) is 0.167. The van der Waals surface area contributed by atoms with Crippen LogP contribution in [0.2, 0.25) is 5.02 Å². The Balaban J connectivity index is 0.000000318. The van der Waals surface area contributed by atoms with Gasteiger partial charge in [0.25, 0.3) is 0 Å². The molecule has 2 aromatic heterocycles. The van der Waals surface area contributed by atoms with Gasteiger partial charge in [0.1, 0.15) is 11.3 Å². The largest absolute Gasteiger partial charge is 0.453 e. The molecular weight excluding hydrogens is 656 g/mol. The monoisotopic (exact) mass is 708 g/mol. The molecule has 2 heterocycles. The van der Waals surface area contributed by atoms with E-state index in [-0.39, 0.29) is 0 Å². The molecule has 4 heteroatoms. The van der Waals surface area contributed by atoms with Gasteiger partial charge in [-0.2, -0.15) is 0 Å². The Labute approximate surface area is 317 Å². The number of para-hydroxylation sites is 1. The number of rotatable bonds is 7. The summed E-state index contributed by atoms with van der Waals surface area (Å²) in [6.45, 7) is 28.7. The zero-order valence-electron chi connectivity index (χ0n) is 32.0. The predicted molar refractivity (Wildman–Crippen MR) is 233 cm³/mol. The zero-order chi connectivity index (χ0) is 38.6. The SMILES string of the molecule is C=C.C=C.C=C(/C=C(\C)c1cc(/C=C\C)c(C)c2ncccc12)c1ccccc1.CC.CCc1ccc(C(=NC)c2oc3ccccc3c2Cl)cc1. The second kappa shape index (κ2) is 22.3. The highest BCUT2D eigenvalue weighted by molar-refractivity contribution is 6.39. The van der Waals surface area contributed by atoms with Gasteiger partial charge in [-0.1, -0.05) is 130 Å². The van der Waals surface area contributed by atoms with E-state index in [9.17, 15) is 0 Å². The van der Waals surface area contributed by atoms with Crippen molar-refractivity contribution < 1.29 is 4.42 Å². The van der Waals surface area contributed by atoms with Crippen molar-refractivity contribution in [3.05, 3.63) is 192 Å². The maximum absolute atomic E-state index is 6.46. The maximum Gasteiger partial charge on any atom is 0.172 e. The van der Waals surface area contributed by atoms with Crippen molar-refractivity contribution in [1.29, 1.82) is 0 Å². The smallest absolute Gasteiger partial charge is 0.172 e. The molecule has 0 unspecified atom stereocenters. The van der Waals surface area contributed by atoms with E-state index in [0.717, 1.165) is 45.3 Å². The second-order valence-corrected chi connectivity index (χ2v) is 11.5. The number of nitrogens with zero attached hydrogens (tertiary/aromatic N) is 2. The quantitative estimate of drug-likeness (QED) is 0.0940. The fourth-order valence-corrected chi connectivity index (χ4v) is 5.86. The van der Waals surface area contributed by atoms with Crippen LogP contribution in [0.5, 0.6) is 0 Å². The third kappa shape index (κ3) is 10.5. The Bertz CT molecular complexity index is 2110. The number of benzene rings is 4. The van der Waals surface area contributed by atoms with E-state index in [1.807, 2.05) is 75.5 Å². The minimum atomic E-state index is 0.616. The van der Waals surface area contributed by atoms with Crippen LogP contribution in [0.15, 0.2) is 158 Å². The van der Waals surface area contributed by atoms with Crippen molar-refractivity contribution in [2.45, 2.75) is 48.0 Å². The van der Waals surface area contributed by atoms with Crippen molar-refractivity contribution in [2.24, 2.45) is 4.99 Å². The number of hydrogen-bond acceptors (Lipinski definition) is 3. The minimum Gasteiger partial charge on any atom is -0.453 e. The molecule has 0 bridgehead atoms. The number of aromatic nitrogens is 1. The van der Waals surface area contributed by atoms with E-state index in [1.165, 1.54) is 33.2 Å².